The first-order chi connectivity index (χ1) is 9.22. The summed E-state index contributed by atoms with van der Waals surface area (Å²) < 4.78 is 6.17. The zero-order valence-corrected chi connectivity index (χ0v) is 13.0. The molecule has 4 heteroatoms. The molecular weight excluding hydrogens is 326 g/mol. The molecule has 19 heavy (non-hydrogen) atoms. The Labute approximate surface area is 126 Å². The lowest BCUT2D eigenvalue weighted by molar-refractivity contribution is 0.412. The molecule has 2 aromatic rings. The van der Waals surface area contributed by atoms with Gasteiger partial charge in [0, 0.05) is 18.1 Å². The fraction of sp³-hybridized carbons (Fsp3) is 0.200. The van der Waals surface area contributed by atoms with Crippen LogP contribution in [-0.4, -0.2) is 7.11 Å². The van der Waals surface area contributed by atoms with Crippen LogP contribution in [0.4, 0.5) is 5.69 Å². The zero-order valence-electron chi connectivity index (χ0n) is 10.6. The number of hydrogen-bond acceptors (Lipinski definition) is 2. The molecule has 0 spiro atoms. The summed E-state index contributed by atoms with van der Waals surface area (Å²) in [5, 5.41) is 3.38. The lowest BCUT2D eigenvalue weighted by Gasteiger charge is -2.09. The van der Waals surface area contributed by atoms with E-state index >= 15 is 0 Å². The van der Waals surface area contributed by atoms with Gasteiger partial charge in [0.15, 0.2) is 0 Å². The number of alkyl halides is 1. The van der Waals surface area contributed by atoms with E-state index in [9.17, 15) is 0 Å². The minimum atomic E-state index is 0.531. The highest BCUT2D eigenvalue weighted by atomic mass is 79.9. The van der Waals surface area contributed by atoms with E-state index in [1.807, 2.05) is 30.3 Å². The fourth-order valence-corrected chi connectivity index (χ4v) is 2.54. The van der Waals surface area contributed by atoms with Crippen LogP contribution in [0.5, 0.6) is 5.75 Å². The van der Waals surface area contributed by atoms with Gasteiger partial charge in [0.05, 0.1) is 11.6 Å². The van der Waals surface area contributed by atoms with Gasteiger partial charge in [-0.05, 0) is 51.3 Å². The fourth-order valence-electron chi connectivity index (χ4n) is 1.79. The molecule has 1 N–H and O–H groups in total. The minimum absolute atomic E-state index is 0.531. The molecule has 2 nitrogen and oxygen atoms in total. The lowest BCUT2D eigenvalue weighted by Crippen LogP contribution is -2.00. The summed E-state index contributed by atoms with van der Waals surface area (Å²) in [7, 11) is 1.66. The number of rotatable bonds is 5. The molecule has 0 bridgehead atoms. The number of benzene rings is 2. The standard InChI is InChI=1S/C15H15BrClNO/c1-19-15-6-5-12(8-14(15)16)10-18-13-4-2-3-11(7-13)9-17/h2-8,18H,9-10H2,1H3. The largest absolute Gasteiger partial charge is 0.496 e. The van der Waals surface area contributed by atoms with Crippen LogP contribution in [0.25, 0.3) is 0 Å². The first-order valence-corrected chi connectivity index (χ1v) is 7.27. The van der Waals surface area contributed by atoms with Gasteiger partial charge in [-0.1, -0.05) is 18.2 Å². The van der Waals surface area contributed by atoms with Crippen molar-refractivity contribution < 1.29 is 4.74 Å². The van der Waals surface area contributed by atoms with Crippen molar-refractivity contribution in [3.05, 3.63) is 58.1 Å². The van der Waals surface area contributed by atoms with Crippen LogP contribution in [0.1, 0.15) is 11.1 Å². The smallest absolute Gasteiger partial charge is 0.133 e. The molecule has 0 saturated heterocycles. The SMILES string of the molecule is COc1ccc(CNc2cccc(CCl)c2)cc1Br. The lowest BCUT2D eigenvalue weighted by atomic mass is 10.2. The van der Waals surface area contributed by atoms with E-state index in [1.54, 1.807) is 7.11 Å². The molecule has 0 aliphatic rings. The Hall–Kier alpha value is -1.19. The Balaban J connectivity index is 2.03. The molecule has 0 unspecified atom stereocenters. The van der Waals surface area contributed by atoms with Crippen molar-refractivity contribution in [2.24, 2.45) is 0 Å². The van der Waals surface area contributed by atoms with Crippen molar-refractivity contribution in [2.45, 2.75) is 12.4 Å². The summed E-state index contributed by atoms with van der Waals surface area (Å²) in [6, 6.07) is 14.2. The van der Waals surface area contributed by atoms with Crippen LogP contribution < -0.4 is 10.1 Å². The van der Waals surface area contributed by atoms with Gasteiger partial charge in [-0.15, -0.1) is 11.6 Å². The highest BCUT2D eigenvalue weighted by Crippen LogP contribution is 2.26. The van der Waals surface area contributed by atoms with Crippen molar-refractivity contribution >= 4 is 33.2 Å². The van der Waals surface area contributed by atoms with Gasteiger partial charge in [-0.25, -0.2) is 0 Å². The summed E-state index contributed by atoms with van der Waals surface area (Å²) in [6.07, 6.45) is 0. The summed E-state index contributed by atoms with van der Waals surface area (Å²) in [6.45, 7) is 0.758. The number of hydrogen-bond donors (Lipinski definition) is 1. The second kappa shape index (κ2) is 6.83. The van der Waals surface area contributed by atoms with Crippen molar-refractivity contribution in [3.8, 4) is 5.75 Å². The Morgan fingerprint density at radius 2 is 2.00 bits per heavy atom. The van der Waals surface area contributed by atoms with Gasteiger partial charge in [-0.2, -0.15) is 0 Å². The van der Waals surface area contributed by atoms with Gasteiger partial charge in [-0.3, -0.25) is 0 Å². The third kappa shape index (κ3) is 3.88. The van der Waals surface area contributed by atoms with Crippen molar-refractivity contribution in [1.82, 2.24) is 0 Å². The predicted octanol–water partition coefficient (Wildman–Crippen LogP) is 4.81. The van der Waals surface area contributed by atoms with Crippen molar-refractivity contribution in [2.75, 3.05) is 12.4 Å². The first kappa shape index (κ1) is 14.2. The van der Waals surface area contributed by atoms with E-state index in [2.05, 4.69) is 33.4 Å². The zero-order chi connectivity index (χ0) is 13.7. The summed E-state index contributed by atoms with van der Waals surface area (Å²) in [5.41, 5.74) is 3.37. The topological polar surface area (TPSA) is 21.3 Å². The number of anilines is 1. The van der Waals surface area contributed by atoms with Gasteiger partial charge in [0.1, 0.15) is 5.75 Å². The highest BCUT2D eigenvalue weighted by molar-refractivity contribution is 9.10. The van der Waals surface area contributed by atoms with E-state index in [1.165, 1.54) is 5.56 Å². The van der Waals surface area contributed by atoms with Gasteiger partial charge >= 0.3 is 0 Å². The summed E-state index contributed by atoms with van der Waals surface area (Å²) >= 11 is 9.31. The Bertz CT molecular complexity index is 560. The summed E-state index contributed by atoms with van der Waals surface area (Å²) in [4.78, 5) is 0. The monoisotopic (exact) mass is 339 g/mol. The molecule has 0 atom stereocenters. The Morgan fingerprint density at radius 1 is 1.16 bits per heavy atom. The third-order valence-corrected chi connectivity index (χ3v) is 3.72. The van der Waals surface area contributed by atoms with Crippen LogP contribution in [0, 0.1) is 0 Å². The molecule has 0 fully saturated rings. The number of halogens is 2. The van der Waals surface area contributed by atoms with E-state index in [-0.39, 0.29) is 0 Å². The van der Waals surface area contributed by atoms with E-state index in [0.29, 0.717) is 5.88 Å². The van der Waals surface area contributed by atoms with E-state index in [0.717, 1.165) is 28.0 Å². The molecule has 0 radical (unpaired) electrons. The van der Waals surface area contributed by atoms with Crippen LogP contribution in [-0.2, 0) is 12.4 Å². The predicted molar refractivity (Wildman–Crippen MR) is 84.0 cm³/mol. The molecule has 100 valence electrons. The van der Waals surface area contributed by atoms with E-state index < -0.39 is 0 Å². The molecule has 0 amide bonds. The van der Waals surface area contributed by atoms with Crippen LogP contribution in [0.2, 0.25) is 0 Å². The van der Waals surface area contributed by atoms with Crippen LogP contribution >= 0.6 is 27.5 Å². The number of ether oxygens (including phenoxy) is 1. The molecule has 0 saturated carbocycles. The van der Waals surface area contributed by atoms with Gasteiger partial charge < -0.3 is 10.1 Å². The third-order valence-electron chi connectivity index (χ3n) is 2.79. The molecule has 2 aromatic carbocycles. The second-order valence-electron chi connectivity index (χ2n) is 4.16. The average molecular weight is 341 g/mol. The maximum absolute atomic E-state index is 5.82. The Kier molecular flexibility index (Phi) is 5.11. The van der Waals surface area contributed by atoms with Crippen LogP contribution in [0.3, 0.4) is 0 Å². The minimum Gasteiger partial charge on any atom is -0.496 e. The van der Waals surface area contributed by atoms with Crippen LogP contribution in [0.15, 0.2) is 46.9 Å². The van der Waals surface area contributed by atoms with Gasteiger partial charge in [0.2, 0.25) is 0 Å². The molecule has 2 rings (SSSR count). The number of nitrogens with one attached hydrogen (secondary N) is 1. The second-order valence-corrected chi connectivity index (χ2v) is 5.28. The van der Waals surface area contributed by atoms with E-state index in [4.69, 9.17) is 16.3 Å². The quantitative estimate of drug-likeness (QED) is 0.789. The molecule has 0 aliphatic heterocycles. The average Bonchev–Trinajstić information content (AvgIpc) is 2.45. The molecule has 0 aromatic heterocycles. The maximum atomic E-state index is 5.82. The highest BCUT2D eigenvalue weighted by Gasteiger charge is 2.01. The molecular formula is C15H15BrClNO. The number of methoxy groups -OCH3 is 1. The van der Waals surface area contributed by atoms with Crippen molar-refractivity contribution in [1.29, 1.82) is 0 Å². The van der Waals surface area contributed by atoms with Gasteiger partial charge in [0.25, 0.3) is 0 Å². The Morgan fingerprint density at radius 3 is 2.68 bits per heavy atom. The maximum Gasteiger partial charge on any atom is 0.133 e. The summed E-state index contributed by atoms with van der Waals surface area (Å²) in [5.74, 6) is 1.37. The normalized spacial score (nSPS) is 10.3. The van der Waals surface area contributed by atoms with Crippen molar-refractivity contribution in [3.63, 3.8) is 0 Å². The molecule has 0 heterocycles. The first-order valence-electron chi connectivity index (χ1n) is 5.94. The molecule has 0 aliphatic carbocycles.